The van der Waals surface area contributed by atoms with Gasteiger partial charge in [0.25, 0.3) is 20.2 Å². The van der Waals surface area contributed by atoms with E-state index < -0.39 is 64.9 Å². The minimum absolute atomic E-state index is 0.00264. The Morgan fingerprint density at radius 1 is 0.519 bits per heavy atom. The molecule has 2 amide bonds. The van der Waals surface area contributed by atoms with Crippen molar-refractivity contribution in [1.29, 1.82) is 0 Å². The van der Waals surface area contributed by atoms with Gasteiger partial charge in [0, 0.05) is 22.5 Å². The SMILES string of the molecule is O=C(Nc1ccc2c(c1)C=C(S(=O)(=O)O)/C(=N/Nc1ccccc1)C2=O)C(=O)Nc1ccc2c(c1)C=C(S(=O)(=O)O)/C(=N/Nc1ccccc1)C2=O. The molecule has 262 valence electrons. The van der Waals surface area contributed by atoms with Crippen molar-refractivity contribution >= 4 is 89.9 Å². The lowest BCUT2D eigenvalue weighted by Gasteiger charge is -2.18. The van der Waals surface area contributed by atoms with Crippen molar-refractivity contribution in [3.63, 3.8) is 0 Å². The lowest BCUT2D eigenvalue weighted by atomic mass is 9.94. The van der Waals surface area contributed by atoms with Gasteiger partial charge in [0.2, 0.25) is 11.6 Å². The number of hydrazone groups is 2. The molecule has 0 fully saturated rings. The third-order valence-electron chi connectivity index (χ3n) is 7.48. The van der Waals surface area contributed by atoms with Crippen molar-refractivity contribution in [2.45, 2.75) is 0 Å². The Balaban J connectivity index is 1.20. The van der Waals surface area contributed by atoms with Gasteiger partial charge in [-0.05, 0) is 83.9 Å². The quantitative estimate of drug-likeness (QED) is 0.0851. The molecule has 6 N–H and O–H groups in total. The molecule has 16 nitrogen and oxygen atoms in total. The Hall–Kier alpha value is -6.60. The molecule has 0 heterocycles. The van der Waals surface area contributed by atoms with Crippen LogP contribution < -0.4 is 21.5 Å². The Bertz CT molecular complexity index is 2350. The third kappa shape index (κ3) is 7.59. The number of nitrogens with one attached hydrogen (secondary N) is 4. The number of carbonyl (C=O) groups is 4. The van der Waals surface area contributed by atoms with Crippen molar-refractivity contribution in [2.75, 3.05) is 21.5 Å². The summed E-state index contributed by atoms with van der Waals surface area (Å²) < 4.78 is 68.5. The molecule has 0 saturated carbocycles. The van der Waals surface area contributed by atoms with Crippen molar-refractivity contribution in [1.82, 2.24) is 0 Å². The fourth-order valence-electron chi connectivity index (χ4n) is 5.08. The van der Waals surface area contributed by atoms with Crippen LogP contribution in [0.4, 0.5) is 22.7 Å². The van der Waals surface area contributed by atoms with Gasteiger partial charge in [-0.25, -0.2) is 0 Å². The number of hydrogen-bond donors (Lipinski definition) is 6. The van der Waals surface area contributed by atoms with E-state index in [0.29, 0.717) is 11.4 Å². The van der Waals surface area contributed by atoms with Gasteiger partial charge in [-0.2, -0.15) is 27.0 Å². The van der Waals surface area contributed by atoms with E-state index >= 15 is 0 Å². The van der Waals surface area contributed by atoms with Crippen LogP contribution in [0.15, 0.2) is 117 Å². The Morgan fingerprint density at radius 2 is 0.885 bits per heavy atom. The highest BCUT2D eigenvalue weighted by Crippen LogP contribution is 2.30. The average molecular weight is 741 g/mol. The summed E-state index contributed by atoms with van der Waals surface area (Å²) in [6.45, 7) is 0. The Kier molecular flexibility index (Phi) is 9.46. The first-order valence-electron chi connectivity index (χ1n) is 14.9. The van der Waals surface area contributed by atoms with Crippen molar-refractivity contribution in [2.24, 2.45) is 10.2 Å². The molecule has 52 heavy (non-hydrogen) atoms. The molecule has 6 rings (SSSR count). The van der Waals surface area contributed by atoms with E-state index in [1.807, 2.05) is 0 Å². The van der Waals surface area contributed by atoms with Gasteiger partial charge in [0.1, 0.15) is 9.81 Å². The van der Waals surface area contributed by atoms with E-state index in [4.69, 9.17) is 0 Å². The van der Waals surface area contributed by atoms with Crippen molar-refractivity contribution in [3.8, 4) is 0 Å². The molecule has 2 aliphatic rings. The molecule has 0 unspecified atom stereocenters. The van der Waals surface area contributed by atoms with E-state index in [-0.39, 0.29) is 33.6 Å². The largest absolute Gasteiger partial charge is 0.318 e. The van der Waals surface area contributed by atoms with Gasteiger partial charge >= 0.3 is 11.8 Å². The van der Waals surface area contributed by atoms with Crippen LogP contribution in [0.5, 0.6) is 0 Å². The van der Waals surface area contributed by atoms with E-state index in [1.165, 1.54) is 36.4 Å². The van der Waals surface area contributed by atoms with Crippen LogP contribution in [0.2, 0.25) is 0 Å². The van der Waals surface area contributed by atoms with Gasteiger partial charge < -0.3 is 10.6 Å². The second kappa shape index (κ2) is 14.0. The van der Waals surface area contributed by atoms with Gasteiger partial charge in [-0.15, -0.1) is 0 Å². The van der Waals surface area contributed by atoms with Crippen molar-refractivity contribution in [3.05, 3.63) is 129 Å². The molecule has 4 aromatic rings. The third-order valence-corrected chi connectivity index (χ3v) is 9.22. The summed E-state index contributed by atoms with van der Waals surface area (Å²) >= 11 is 0. The fraction of sp³-hybridized carbons (Fsp3) is 0. The summed E-state index contributed by atoms with van der Waals surface area (Å²) in [5.41, 5.74) is 4.82. The molecular formula is C34H24N6O10S2. The summed E-state index contributed by atoms with van der Waals surface area (Å²) in [7, 11) is -9.89. The number of rotatable bonds is 8. The van der Waals surface area contributed by atoms with Gasteiger partial charge in [-0.3, -0.25) is 39.1 Å². The van der Waals surface area contributed by atoms with E-state index in [0.717, 1.165) is 12.2 Å². The maximum Gasteiger partial charge on any atom is 0.314 e. The van der Waals surface area contributed by atoms with E-state index in [1.54, 1.807) is 60.7 Å². The topological polar surface area (TPSA) is 250 Å². The van der Waals surface area contributed by atoms with Gasteiger partial charge in [-0.1, -0.05) is 36.4 Å². The highest BCUT2D eigenvalue weighted by atomic mass is 32.2. The summed E-state index contributed by atoms with van der Waals surface area (Å²) in [4.78, 5) is 50.5. The molecule has 0 spiro atoms. The highest BCUT2D eigenvalue weighted by molar-refractivity contribution is 7.91. The number of fused-ring (bicyclic) bond motifs is 2. The van der Waals surface area contributed by atoms with Gasteiger partial charge in [0.05, 0.1) is 11.4 Å². The summed E-state index contributed by atoms with van der Waals surface area (Å²) in [5.74, 6) is -4.07. The molecule has 0 aromatic heterocycles. The number of nitrogens with zero attached hydrogens (tertiary/aromatic N) is 2. The molecule has 0 saturated heterocycles. The fourth-order valence-corrected chi connectivity index (χ4v) is 6.40. The number of ketones is 2. The second-order valence-corrected chi connectivity index (χ2v) is 13.8. The number of benzene rings is 4. The molecule has 18 heteroatoms. The first kappa shape index (κ1) is 35.2. The second-order valence-electron chi connectivity index (χ2n) is 11.0. The van der Waals surface area contributed by atoms with E-state index in [2.05, 4.69) is 31.7 Å². The minimum atomic E-state index is -4.94. The minimum Gasteiger partial charge on any atom is -0.318 e. The number of carbonyl (C=O) groups excluding carboxylic acids is 4. The summed E-state index contributed by atoms with van der Waals surface area (Å²) in [5, 5.41) is 12.4. The lowest BCUT2D eigenvalue weighted by molar-refractivity contribution is -0.132. The zero-order chi connectivity index (χ0) is 37.2. The number of Topliss-reactive ketones (excluding diaryl/α,β-unsaturated/α-hetero) is 2. The van der Waals surface area contributed by atoms with Gasteiger partial charge in [0.15, 0.2) is 11.4 Å². The summed E-state index contributed by atoms with van der Waals surface area (Å²) in [6.07, 6.45) is 1.98. The molecule has 0 bridgehead atoms. The molecule has 0 atom stereocenters. The first-order valence-corrected chi connectivity index (χ1v) is 17.7. The number of allylic oxidation sites excluding steroid dienone is 2. The number of anilines is 4. The lowest BCUT2D eigenvalue weighted by Crippen LogP contribution is -2.30. The van der Waals surface area contributed by atoms with E-state index in [9.17, 15) is 45.1 Å². The van der Waals surface area contributed by atoms with Crippen LogP contribution in [0.1, 0.15) is 31.8 Å². The maximum atomic E-state index is 13.2. The predicted octanol–water partition coefficient (Wildman–Crippen LogP) is 4.05. The van der Waals surface area contributed by atoms with Crippen LogP contribution in [-0.4, -0.2) is 60.7 Å². The highest BCUT2D eigenvalue weighted by Gasteiger charge is 2.34. The van der Waals surface area contributed by atoms with Crippen molar-refractivity contribution < 1.29 is 45.1 Å². The zero-order valence-electron chi connectivity index (χ0n) is 26.3. The predicted molar refractivity (Wildman–Crippen MR) is 193 cm³/mol. The van der Waals surface area contributed by atoms with Crippen LogP contribution in [0, 0.1) is 0 Å². The Morgan fingerprint density at radius 3 is 1.23 bits per heavy atom. The molecular weight excluding hydrogens is 717 g/mol. The normalized spacial score (nSPS) is 15.6. The number of amides is 2. The molecule has 4 aromatic carbocycles. The van der Waals surface area contributed by atoms with Crippen LogP contribution in [-0.2, 0) is 29.8 Å². The first-order chi connectivity index (χ1) is 24.7. The number of hydrogen-bond acceptors (Lipinski definition) is 12. The van der Waals surface area contributed by atoms with Crippen LogP contribution >= 0.6 is 0 Å². The molecule has 2 aliphatic carbocycles. The molecule has 0 radical (unpaired) electrons. The monoisotopic (exact) mass is 740 g/mol. The Labute approximate surface area is 295 Å². The molecule has 0 aliphatic heterocycles. The standard InChI is InChI=1S/C34H24N6O10S2/c41-31-25-13-11-23(15-19(25)17-27(51(45,46)47)29(31)39-37-21-7-3-1-4-8-21)35-33(43)34(44)36-24-12-14-26-20(16-24)18-28(52(48,49)50)30(32(26)42)40-38-22-9-5-2-6-10-22/h1-18,37-38H,(H,35,43)(H,36,44)(H,45,46,47)(H,48,49,50)/b39-29-,40-30-. The maximum absolute atomic E-state index is 13.2. The number of para-hydroxylation sites is 2. The van der Waals surface area contributed by atoms with Crippen LogP contribution in [0.25, 0.3) is 12.2 Å². The average Bonchev–Trinajstić information content (AvgIpc) is 3.10. The summed E-state index contributed by atoms with van der Waals surface area (Å²) in [6, 6.07) is 24.2. The van der Waals surface area contributed by atoms with Crippen LogP contribution in [0.3, 0.4) is 0 Å². The zero-order valence-corrected chi connectivity index (χ0v) is 27.9. The smallest absolute Gasteiger partial charge is 0.314 e.